The van der Waals surface area contributed by atoms with Crippen molar-refractivity contribution in [2.24, 2.45) is 0 Å². The summed E-state index contributed by atoms with van der Waals surface area (Å²) in [5.74, 6) is 0.707. The number of rotatable bonds is 3. The van der Waals surface area contributed by atoms with Crippen LogP contribution < -0.4 is 5.56 Å². The molecule has 0 saturated carbocycles. The zero-order valence-electron chi connectivity index (χ0n) is 12.7. The highest BCUT2D eigenvalue weighted by Crippen LogP contribution is 2.26. The maximum atomic E-state index is 12.6. The lowest BCUT2D eigenvalue weighted by Gasteiger charge is -2.04. The molecule has 0 fully saturated rings. The minimum atomic E-state index is -0.192. The van der Waals surface area contributed by atoms with Crippen LogP contribution in [0.5, 0.6) is 0 Å². The molecule has 0 radical (unpaired) electrons. The maximum Gasteiger partial charge on any atom is 0.261 e. The molecule has 2 aromatic heterocycles. The van der Waals surface area contributed by atoms with Gasteiger partial charge in [0.25, 0.3) is 5.56 Å². The van der Waals surface area contributed by atoms with Crippen LogP contribution in [-0.4, -0.2) is 19.7 Å². The van der Waals surface area contributed by atoms with E-state index in [4.69, 9.17) is 16.0 Å². The second-order valence-electron chi connectivity index (χ2n) is 5.32. The van der Waals surface area contributed by atoms with Gasteiger partial charge in [-0.3, -0.25) is 9.36 Å². The molecule has 4 rings (SSSR count). The second-order valence-corrected chi connectivity index (χ2v) is 6.61. The van der Waals surface area contributed by atoms with Crippen molar-refractivity contribution in [3.63, 3.8) is 0 Å². The van der Waals surface area contributed by atoms with Crippen molar-refractivity contribution in [1.82, 2.24) is 19.7 Å². The van der Waals surface area contributed by atoms with Crippen molar-refractivity contribution in [2.45, 2.75) is 6.54 Å². The molecule has 0 amide bonds. The molecule has 8 heteroatoms. The number of nitrogens with zero attached hydrogens (tertiary/aromatic N) is 4. The van der Waals surface area contributed by atoms with Gasteiger partial charge in [-0.15, -0.1) is 10.2 Å². The highest BCUT2D eigenvalue weighted by molar-refractivity contribution is 9.10. The number of benzene rings is 2. The molecular formula is C17H10BrClN4O2. The van der Waals surface area contributed by atoms with E-state index >= 15 is 0 Å². The van der Waals surface area contributed by atoms with Crippen LogP contribution in [0.3, 0.4) is 0 Å². The van der Waals surface area contributed by atoms with Gasteiger partial charge >= 0.3 is 0 Å². The molecule has 6 nitrogen and oxygen atoms in total. The van der Waals surface area contributed by atoms with Crippen molar-refractivity contribution in [3.8, 4) is 11.5 Å². The van der Waals surface area contributed by atoms with E-state index in [1.807, 2.05) is 24.3 Å². The molecule has 0 aliphatic carbocycles. The summed E-state index contributed by atoms with van der Waals surface area (Å²) in [4.78, 5) is 16.8. The van der Waals surface area contributed by atoms with E-state index in [2.05, 4.69) is 31.1 Å². The molecule has 0 unspecified atom stereocenters. The first kappa shape index (κ1) is 16.0. The van der Waals surface area contributed by atoms with Crippen molar-refractivity contribution in [1.29, 1.82) is 0 Å². The summed E-state index contributed by atoms with van der Waals surface area (Å²) in [7, 11) is 0. The number of fused-ring (bicyclic) bond motifs is 1. The second kappa shape index (κ2) is 6.42. The lowest BCUT2D eigenvalue weighted by molar-refractivity contribution is 0.483. The van der Waals surface area contributed by atoms with E-state index in [0.29, 0.717) is 27.7 Å². The smallest absolute Gasteiger partial charge is 0.261 e. The van der Waals surface area contributed by atoms with E-state index < -0.39 is 0 Å². The minimum absolute atomic E-state index is 0.141. The number of halogens is 2. The Morgan fingerprint density at radius 1 is 1.16 bits per heavy atom. The van der Waals surface area contributed by atoms with Gasteiger partial charge in [0.05, 0.1) is 22.8 Å². The lowest BCUT2D eigenvalue weighted by Crippen LogP contribution is -2.21. The molecule has 0 spiro atoms. The Hall–Kier alpha value is -2.51. The van der Waals surface area contributed by atoms with Gasteiger partial charge in [0, 0.05) is 9.50 Å². The summed E-state index contributed by atoms with van der Waals surface area (Å²) >= 11 is 9.38. The molecule has 0 aliphatic rings. The van der Waals surface area contributed by atoms with E-state index in [1.54, 1.807) is 18.2 Å². The summed E-state index contributed by atoms with van der Waals surface area (Å²) < 4.78 is 7.96. The monoisotopic (exact) mass is 416 g/mol. The van der Waals surface area contributed by atoms with Crippen LogP contribution in [0.2, 0.25) is 5.02 Å². The Bertz CT molecular complexity index is 1140. The Kier molecular flexibility index (Phi) is 4.10. The molecule has 2 aromatic carbocycles. The van der Waals surface area contributed by atoms with Crippen LogP contribution in [0.4, 0.5) is 0 Å². The summed E-state index contributed by atoms with van der Waals surface area (Å²) in [6.07, 6.45) is 1.45. The minimum Gasteiger partial charge on any atom is -0.419 e. The molecule has 0 aliphatic heterocycles. The van der Waals surface area contributed by atoms with Gasteiger partial charge in [-0.2, -0.15) is 0 Å². The van der Waals surface area contributed by atoms with Gasteiger partial charge in [0.15, 0.2) is 0 Å². The van der Waals surface area contributed by atoms with Crippen molar-refractivity contribution in [2.75, 3.05) is 0 Å². The number of hydrogen-bond donors (Lipinski definition) is 0. The summed E-state index contributed by atoms with van der Waals surface area (Å²) in [5, 5.41) is 9.08. The predicted octanol–water partition coefficient (Wildman–Crippen LogP) is 3.91. The van der Waals surface area contributed by atoms with Crippen molar-refractivity contribution >= 4 is 38.4 Å². The first-order chi connectivity index (χ1) is 12.1. The average Bonchev–Trinajstić information content (AvgIpc) is 3.06. The Labute approximate surface area is 155 Å². The van der Waals surface area contributed by atoms with Gasteiger partial charge < -0.3 is 4.42 Å². The Balaban J connectivity index is 1.68. The predicted molar refractivity (Wildman–Crippen MR) is 97.5 cm³/mol. The molecule has 0 N–H and O–H groups in total. The van der Waals surface area contributed by atoms with E-state index in [1.165, 1.54) is 10.9 Å². The number of hydrogen-bond acceptors (Lipinski definition) is 5. The van der Waals surface area contributed by atoms with Crippen LogP contribution >= 0.6 is 27.5 Å². The van der Waals surface area contributed by atoms with E-state index in [-0.39, 0.29) is 12.1 Å². The third-order valence-corrected chi connectivity index (χ3v) is 4.59. The topological polar surface area (TPSA) is 73.8 Å². The Morgan fingerprint density at radius 3 is 2.84 bits per heavy atom. The lowest BCUT2D eigenvalue weighted by atomic mass is 10.2. The van der Waals surface area contributed by atoms with Crippen molar-refractivity contribution in [3.05, 3.63) is 74.5 Å². The molecule has 2 heterocycles. The number of aromatic nitrogens is 4. The average molecular weight is 418 g/mol. The molecule has 25 heavy (non-hydrogen) atoms. The maximum absolute atomic E-state index is 12.6. The Morgan fingerprint density at radius 2 is 2.00 bits per heavy atom. The summed E-state index contributed by atoms with van der Waals surface area (Å²) in [5.41, 5.74) is 1.15. The van der Waals surface area contributed by atoms with Crippen LogP contribution in [-0.2, 0) is 6.54 Å². The van der Waals surface area contributed by atoms with Crippen LogP contribution in [0.15, 0.2) is 62.5 Å². The van der Waals surface area contributed by atoms with Crippen molar-refractivity contribution < 1.29 is 4.42 Å². The summed E-state index contributed by atoms with van der Waals surface area (Å²) in [6, 6.07) is 12.5. The van der Waals surface area contributed by atoms with Gasteiger partial charge in [-0.25, -0.2) is 4.98 Å². The van der Waals surface area contributed by atoms with Crippen LogP contribution in [0.25, 0.3) is 22.4 Å². The van der Waals surface area contributed by atoms with Gasteiger partial charge in [0.1, 0.15) is 6.54 Å². The zero-order chi connectivity index (χ0) is 17.4. The highest BCUT2D eigenvalue weighted by Gasteiger charge is 2.13. The standard InChI is InChI=1S/C17H10BrClN4O2/c18-13-4-2-1-3-11(13)16-22-21-15(25-16)8-23-9-20-14-7-10(19)5-6-12(14)17(23)24/h1-7,9H,8H2. The third kappa shape index (κ3) is 3.08. The first-order valence-electron chi connectivity index (χ1n) is 7.34. The fraction of sp³-hybridized carbons (Fsp3) is 0.0588. The largest absolute Gasteiger partial charge is 0.419 e. The van der Waals surface area contributed by atoms with Gasteiger partial charge in [-0.1, -0.05) is 23.7 Å². The first-order valence-corrected chi connectivity index (χ1v) is 8.51. The normalized spacial score (nSPS) is 11.1. The molecule has 124 valence electrons. The summed E-state index contributed by atoms with van der Waals surface area (Å²) in [6.45, 7) is 0.141. The van der Waals surface area contributed by atoms with Crippen LogP contribution in [0.1, 0.15) is 5.89 Å². The molecule has 4 aromatic rings. The van der Waals surface area contributed by atoms with E-state index in [0.717, 1.165) is 10.0 Å². The SMILES string of the molecule is O=c1c2ccc(Cl)cc2ncn1Cc1nnc(-c2ccccc2Br)o1. The zero-order valence-corrected chi connectivity index (χ0v) is 15.0. The highest BCUT2D eigenvalue weighted by atomic mass is 79.9. The van der Waals surface area contributed by atoms with Gasteiger partial charge in [0.2, 0.25) is 11.8 Å². The molecule has 0 atom stereocenters. The van der Waals surface area contributed by atoms with Gasteiger partial charge in [-0.05, 0) is 46.3 Å². The fourth-order valence-electron chi connectivity index (χ4n) is 2.45. The fourth-order valence-corrected chi connectivity index (χ4v) is 3.07. The molecule has 0 saturated heterocycles. The third-order valence-electron chi connectivity index (χ3n) is 3.66. The van der Waals surface area contributed by atoms with Crippen LogP contribution in [0, 0.1) is 0 Å². The molecular weight excluding hydrogens is 408 g/mol. The molecule has 0 bridgehead atoms. The van der Waals surface area contributed by atoms with E-state index in [9.17, 15) is 4.79 Å². The quantitative estimate of drug-likeness (QED) is 0.505.